The van der Waals surface area contributed by atoms with Crippen LogP contribution in [-0.4, -0.2) is 12.5 Å². The van der Waals surface area contributed by atoms with Crippen LogP contribution in [0.4, 0.5) is 5.69 Å². The number of carbonyl (C=O) groups is 1. The zero-order valence-corrected chi connectivity index (χ0v) is 28.1. The summed E-state index contributed by atoms with van der Waals surface area (Å²) >= 11 is 8.27. The van der Waals surface area contributed by atoms with Gasteiger partial charge >= 0.3 is 0 Å². The standard InChI is InChI=1S/C34H48ClN2O2S.BrH/c1-3-5-6-7-8-9-10-11-12-13-14-15-22-39-33-20-19-30(25-32(33)35)27-37(34(38)4-2)31-18-16-17-29(24-31)26-36-21-23-40-28-36;/h16-21,23-25,28H,3-15,22,26-27H2,1-2H3;1H/q+1;/p-1. The summed E-state index contributed by atoms with van der Waals surface area (Å²) in [6.07, 6.45) is 18.4. The Labute approximate surface area is 267 Å². The highest BCUT2D eigenvalue weighted by atomic mass is 79.9. The largest absolute Gasteiger partial charge is 1.00 e. The maximum atomic E-state index is 12.9. The van der Waals surface area contributed by atoms with Gasteiger partial charge in [-0.05, 0) is 36.2 Å². The number of carbonyl (C=O) groups excluding carboxylic acids is 1. The topological polar surface area (TPSA) is 33.4 Å². The molecule has 0 fully saturated rings. The fourth-order valence-corrected chi connectivity index (χ4v) is 5.82. The molecule has 0 atom stereocenters. The normalized spacial score (nSPS) is 10.8. The van der Waals surface area contributed by atoms with Crippen LogP contribution in [0.5, 0.6) is 5.75 Å². The molecule has 226 valence electrons. The van der Waals surface area contributed by atoms with Gasteiger partial charge in [-0.3, -0.25) is 4.79 Å². The first-order valence-corrected chi connectivity index (χ1v) is 16.6. The molecule has 2 aromatic carbocycles. The van der Waals surface area contributed by atoms with E-state index in [1.54, 1.807) is 11.3 Å². The second-order valence-corrected chi connectivity index (χ2v) is 11.9. The first-order valence-electron chi connectivity index (χ1n) is 15.3. The van der Waals surface area contributed by atoms with E-state index in [2.05, 4.69) is 40.7 Å². The molecule has 3 aromatic rings. The lowest BCUT2D eigenvalue weighted by molar-refractivity contribution is -0.683. The fraction of sp³-hybridized carbons (Fsp3) is 0.529. The van der Waals surface area contributed by atoms with E-state index in [0.717, 1.165) is 35.5 Å². The van der Waals surface area contributed by atoms with Crippen LogP contribution in [0.15, 0.2) is 59.6 Å². The van der Waals surface area contributed by atoms with Gasteiger partial charge < -0.3 is 26.6 Å². The van der Waals surface area contributed by atoms with Gasteiger partial charge in [0.15, 0.2) is 12.7 Å². The number of nitrogens with zero attached hydrogens (tertiary/aromatic N) is 2. The zero-order valence-electron chi connectivity index (χ0n) is 25.0. The quantitative estimate of drug-likeness (QED) is 0.0989. The van der Waals surface area contributed by atoms with Crippen molar-refractivity contribution >= 4 is 34.5 Å². The van der Waals surface area contributed by atoms with Gasteiger partial charge in [0.2, 0.25) is 11.4 Å². The molecule has 0 saturated carbocycles. The van der Waals surface area contributed by atoms with E-state index >= 15 is 0 Å². The predicted molar refractivity (Wildman–Crippen MR) is 170 cm³/mol. The van der Waals surface area contributed by atoms with Gasteiger partial charge in [-0.25, -0.2) is 0 Å². The molecule has 1 aromatic heterocycles. The number of aromatic nitrogens is 1. The molecule has 0 aliphatic carbocycles. The molecular weight excluding hydrogens is 616 g/mol. The van der Waals surface area contributed by atoms with Crippen molar-refractivity contribution in [3.05, 3.63) is 75.7 Å². The number of amides is 1. The fourth-order valence-electron chi connectivity index (χ4n) is 4.97. The van der Waals surface area contributed by atoms with Gasteiger partial charge in [0, 0.05) is 17.7 Å². The molecule has 4 nitrogen and oxygen atoms in total. The number of hydrogen-bond donors (Lipinski definition) is 0. The summed E-state index contributed by atoms with van der Waals surface area (Å²) in [6, 6.07) is 14.1. The van der Waals surface area contributed by atoms with Crippen LogP contribution in [0.2, 0.25) is 5.02 Å². The molecule has 41 heavy (non-hydrogen) atoms. The average molecular weight is 664 g/mol. The van der Waals surface area contributed by atoms with E-state index in [0.29, 0.717) is 24.6 Å². The van der Waals surface area contributed by atoms with Crippen LogP contribution in [0.1, 0.15) is 108 Å². The minimum absolute atomic E-state index is 0. The van der Waals surface area contributed by atoms with Gasteiger partial charge in [-0.1, -0.05) is 126 Å². The molecule has 0 saturated heterocycles. The maximum Gasteiger partial charge on any atom is 0.227 e. The van der Waals surface area contributed by atoms with Crippen molar-refractivity contribution in [2.75, 3.05) is 11.5 Å². The van der Waals surface area contributed by atoms with Gasteiger partial charge in [0.05, 0.1) is 23.6 Å². The van der Waals surface area contributed by atoms with E-state index < -0.39 is 0 Å². The third-order valence-electron chi connectivity index (χ3n) is 7.31. The lowest BCUT2D eigenvalue weighted by Gasteiger charge is -2.23. The number of halogens is 2. The van der Waals surface area contributed by atoms with Crippen LogP contribution in [0.25, 0.3) is 0 Å². The van der Waals surface area contributed by atoms with Crippen molar-refractivity contribution < 1.29 is 31.1 Å². The number of unbranched alkanes of at least 4 members (excludes halogenated alkanes) is 11. The minimum Gasteiger partial charge on any atom is -1.00 e. The molecule has 1 amide bonds. The van der Waals surface area contributed by atoms with Gasteiger partial charge in [-0.2, -0.15) is 4.57 Å². The Hall–Kier alpha value is -1.89. The smallest absolute Gasteiger partial charge is 0.227 e. The summed E-state index contributed by atoms with van der Waals surface area (Å²) in [5.74, 6) is 0.806. The summed E-state index contributed by atoms with van der Waals surface area (Å²) in [5, 5.41) is 2.66. The monoisotopic (exact) mass is 662 g/mol. The number of benzene rings is 2. The number of hydrogen-bond acceptors (Lipinski definition) is 3. The number of thiazole rings is 1. The highest BCUT2D eigenvalue weighted by molar-refractivity contribution is 7.07. The van der Waals surface area contributed by atoms with E-state index in [9.17, 15) is 4.79 Å². The van der Waals surface area contributed by atoms with Crippen molar-refractivity contribution in [3.63, 3.8) is 0 Å². The highest BCUT2D eigenvalue weighted by Crippen LogP contribution is 2.28. The van der Waals surface area contributed by atoms with Gasteiger partial charge in [-0.15, -0.1) is 0 Å². The Bertz CT molecular complexity index is 1130. The molecule has 0 N–H and O–H groups in total. The molecule has 0 unspecified atom stereocenters. The Kier molecular flexibility index (Phi) is 18.0. The Balaban J connectivity index is 0.00000588. The summed E-state index contributed by atoms with van der Waals surface area (Å²) in [6.45, 7) is 6.12. The van der Waals surface area contributed by atoms with Crippen molar-refractivity contribution in [1.82, 2.24) is 0 Å². The third-order valence-corrected chi connectivity index (χ3v) is 8.28. The summed E-state index contributed by atoms with van der Waals surface area (Å²) < 4.78 is 8.14. The van der Waals surface area contributed by atoms with Crippen molar-refractivity contribution in [2.45, 2.75) is 110 Å². The van der Waals surface area contributed by atoms with Crippen LogP contribution in [0.3, 0.4) is 0 Å². The lowest BCUT2D eigenvalue weighted by atomic mass is 10.1. The second-order valence-electron chi connectivity index (χ2n) is 10.7. The molecule has 0 radical (unpaired) electrons. The van der Waals surface area contributed by atoms with Crippen molar-refractivity contribution in [3.8, 4) is 5.75 Å². The number of anilines is 1. The molecule has 0 bridgehead atoms. The maximum absolute atomic E-state index is 12.9. The molecule has 1 heterocycles. The lowest BCUT2D eigenvalue weighted by Crippen LogP contribution is -3.00. The van der Waals surface area contributed by atoms with Crippen LogP contribution >= 0.6 is 22.9 Å². The second kappa shape index (κ2) is 20.9. The predicted octanol–water partition coefficient (Wildman–Crippen LogP) is 6.76. The van der Waals surface area contributed by atoms with E-state index in [1.165, 1.54) is 70.6 Å². The molecule has 0 aliphatic heterocycles. The average Bonchev–Trinajstić information content (AvgIpc) is 3.48. The Morgan fingerprint density at radius 2 is 1.56 bits per heavy atom. The van der Waals surface area contributed by atoms with Gasteiger partial charge in [0.1, 0.15) is 5.75 Å². The molecule has 7 heteroatoms. The molecule has 0 aliphatic rings. The highest BCUT2D eigenvalue weighted by Gasteiger charge is 2.17. The summed E-state index contributed by atoms with van der Waals surface area (Å²) in [7, 11) is 0. The van der Waals surface area contributed by atoms with E-state index in [-0.39, 0.29) is 22.9 Å². The number of ether oxygens (including phenoxy) is 1. The van der Waals surface area contributed by atoms with Crippen LogP contribution in [-0.2, 0) is 17.9 Å². The SMILES string of the molecule is CCCCCCCCCCCCCCOc1ccc(CN(C(=O)CC)c2cccc(C[n+]3ccsc3)c2)cc1Cl.[Br-]. The third kappa shape index (κ3) is 13.3. The minimum atomic E-state index is 0. The van der Waals surface area contributed by atoms with Crippen LogP contribution < -0.4 is 31.2 Å². The van der Waals surface area contributed by atoms with Crippen LogP contribution in [0, 0.1) is 0 Å². The van der Waals surface area contributed by atoms with Crippen molar-refractivity contribution in [1.29, 1.82) is 0 Å². The van der Waals surface area contributed by atoms with Gasteiger partial charge in [0.25, 0.3) is 0 Å². The van der Waals surface area contributed by atoms with E-state index in [1.807, 2.05) is 42.2 Å². The first kappa shape index (κ1) is 35.3. The molecule has 0 spiro atoms. The van der Waals surface area contributed by atoms with E-state index in [4.69, 9.17) is 16.3 Å². The summed E-state index contributed by atoms with van der Waals surface area (Å²) in [4.78, 5) is 14.8. The number of rotatable bonds is 20. The van der Waals surface area contributed by atoms with Crippen molar-refractivity contribution in [2.24, 2.45) is 0 Å². The Morgan fingerprint density at radius 3 is 2.17 bits per heavy atom. The Morgan fingerprint density at radius 1 is 0.878 bits per heavy atom. The first-order chi connectivity index (χ1) is 19.6. The zero-order chi connectivity index (χ0) is 28.4. The molecular formula is C34H48BrClN2O2S. The summed E-state index contributed by atoms with van der Waals surface area (Å²) in [5.41, 5.74) is 5.14. The molecule has 3 rings (SSSR count).